The molecule has 0 spiro atoms. The number of thioether (sulfide) groups is 1. The zero-order chi connectivity index (χ0) is 13.0. The highest BCUT2D eigenvalue weighted by Crippen LogP contribution is 2.46. The third-order valence-electron chi connectivity index (χ3n) is 3.45. The summed E-state index contributed by atoms with van der Waals surface area (Å²) in [4.78, 5) is 20.8. The van der Waals surface area contributed by atoms with Crippen LogP contribution in [-0.2, 0) is 11.2 Å². The van der Waals surface area contributed by atoms with E-state index in [0.29, 0.717) is 10.9 Å². The molecule has 4 nitrogen and oxygen atoms in total. The second-order valence-corrected chi connectivity index (χ2v) is 6.69. The molecular formula is C13H12BrN3OS2. The Morgan fingerprint density at radius 2 is 2.20 bits per heavy atom. The summed E-state index contributed by atoms with van der Waals surface area (Å²) in [5.74, 6) is 0.715. The van der Waals surface area contributed by atoms with Crippen molar-refractivity contribution in [1.29, 1.82) is 0 Å². The molecule has 1 aromatic carbocycles. The zero-order valence-electron chi connectivity index (χ0n) is 10.5. The summed E-state index contributed by atoms with van der Waals surface area (Å²) in [6, 6.07) is 6.14. The van der Waals surface area contributed by atoms with Crippen LogP contribution in [0.15, 0.2) is 23.1 Å². The Morgan fingerprint density at radius 3 is 3.05 bits per heavy atom. The zero-order valence-corrected chi connectivity index (χ0v) is 13.8. The van der Waals surface area contributed by atoms with Gasteiger partial charge in [-0.1, -0.05) is 12.1 Å². The molecule has 7 heteroatoms. The molecule has 3 heterocycles. The number of nitrogen functional groups attached to an aromatic ring is 1. The first kappa shape index (κ1) is 13.9. The Bertz CT molecular complexity index is 701. The van der Waals surface area contributed by atoms with E-state index < -0.39 is 0 Å². The van der Waals surface area contributed by atoms with E-state index >= 15 is 0 Å². The molecule has 0 atom stereocenters. The molecule has 4 rings (SSSR count). The van der Waals surface area contributed by atoms with Gasteiger partial charge >= 0.3 is 0 Å². The number of para-hydroxylation sites is 1. The molecule has 2 N–H and O–H groups in total. The number of hydrogen-bond acceptors (Lipinski definition) is 5. The fourth-order valence-electron chi connectivity index (χ4n) is 2.65. The second kappa shape index (κ2) is 5.05. The quantitative estimate of drug-likeness (QED) is 0.775. The van der Waals surface area contributed by atoms with Crippen LogP contribution in [0.5, 0.6) is 0 Å². The first-order chi connectivity index (χ1) is 9.24. The molecule has 104 valence electrons. The predicted molar refractivity (Wildman–Crippen MR) is 89.1 cm³/mol. The molecule has 2 aliphatic heterocycles. The lowest BCUT2D eigenvalue weighted by molar-refractivity contribution is -0.116. The third-order valence-corrected chi connectivity index (χ3v) is 5.43. The number of carbonyl (C=O) groups excluding carboxylic acids is 1. The summed E-state index contributed by atoms with van der Waals surface area (Å²) in [5, 5.41) is 0.603. The minimum atomic E-state index is 0. The van der Waals surface area contributed by atoms with Crippen molar-refractivity contribution in [3.8, 4) is 11.3 Å². The lowest BCUT2D eigenvalue weighted by Crippen LogP contribution is -2.36. The van der Waals surface area contributed by atoms with Crippen molar-refractivity contribution < 1.29 is 4.79 Å². The molecule has 0 fully saturated rings. The topological polar surface area (TPSA) is 59.2 Å². The number of fused-ring (bicyclic) bond motifs is 2. The van der Waals surface area contributed by atoms with Gasteiger partial charge in [0.25, 0.3) is 0 Å². The Balaban J connectivity index is 0.00000121. The fourth-order valence-corrected chi connectivity index (χ4v) is 4.45. The van der Waals surface area contributed by atoms with E-state index in [4.69, 9.17) is 5.73 Å². The number of carbonyl (C=O) groups is 1. The lowest BCUT2D eigenvalue weighted by Gasteiger charge is -2.29. The molecule has 2 aliphatic rings. The smallest absolute Gasteiger partial charge is 0.237 e. The monoisotopic (exact) mass is 369 g/mol. The van der Waals surface area contributed by atoms with Crippen molar-refractivity contribution >= 4 is 56.8 Å². The summed E-state index contributed by atoms with van der Waals surface area (Å²) in [7, 11) is 0. The highest BCUT2D eigenvalue weighted by molar-refractivity contribution is 8.93. The molecule has 0 saturated heterocycles. The van der Waals surface area contributed by atoms with Gasteiger partial charge in [-0.15, -0.1) is 40.1 Å². The van der Waals surface area contributed by atoms with Crippen LogP contribution in [0.4, 0.5) is 10.8 Å². The van der Waals surface area contributed by atoms with Gasteiger partial charge in [0, 0.05) is 28.3 Å². The van der Waals surface area contributed by atoms with Gasteiger partial charge in [-0.2, -0.15) is 0 Å². The Kier molecular flexibility index (Phi) is 3.51. The van der Waals surface area contributed by atoms with Crippen molar-refractivity contribution in [2.75, 3.05) is 22.9 Å². The molecule has 0 radical (unpaired) electrons. The van der Waals surface area contributed by atoms with Crippen LogP contribution in [0.3, 0.4) is 0 Å². The minimum absolute atomic E-state index is 0. The van der Waals surface area contributed by atoms with E-state index in [1.807, 2.05) is 17.0 Å². The number of benzene rings is 1. The SMILES string of the molecule is Br.Nc1nc2c(s1)CCN1C(=O)CSc3cccc-2c31. The fraction of sp³-hybridized carbons (Fsp3) is 0.231. The second-order valence-electron chi connectivity index (χ2n) is 4.56. The first-order valence-electron chi connectivity index (χ1n) is 6.06. The number of hydrogen-bond donors (Lipinski definition) is 1. The molecular weight excluding hydrogens is 358 g/mol. The van der Waals surface area contributed by atoms with Crippen LogP contribution in [0.2, 0.25) is 0 Å². The normalized spacial score (nSPS) is 16.0. The average molecular weight is 370 g/mol. The first-order valence-corrected chi connectivity index (χ1v) is 7.86. The number of anilines is 2. The van der Waals surface area contributed by atoms with Crippen molar-refractivity contribution in [2.24, 2.45) is 0 Å². The van der Waals surface area contributed by atoms with Crippen LogP contribution >= 0.6 is 40.1 Å². The standard InChI is InChI=1S/C13H11N3OS2.BrH/c14-13-15-11-7-2-1-3-9-12(7)16(10(17)6-18-9)5-4-8(11)19-13;/h1-3H,4-6H2,(H2,14,15);1H. The number of halogens is 1. The number of rotatable bonds is 0. The molecule has 0 saturated carbocycles. The predicted octanol–water partition coefficient (Wildman–Crippen LogP) is 2.97. The maximum atomic E-state index is 12.1. The van der Waals surface area contributed by atoms with Gasteiger partial charge in [-0.25, -0.2) is 4.98 Å². The van der Waals surface area contributed by atoms with Gasteiger partial charge in [-0.05, 0) is 6.07 Å². The number of amides is 1. The van der Waals surface area contributed by atoms with Crippen molar-refractivity contribution in [1.82, 2.24) is 4.98 Å². The maximum absolute atomic E-state index is 12.1. The summed E-state index contributed by atoms with van der Waals surface area (Å²) in [6.07, 6.45) is 0.828. The summed E-state index contributed by atoms with van der Waals surface area (Å²) in [6.45, 7) is 0.720. The molecule has 1 amide bonds. The molecule has 1 aromatic heterocycles. The van der Waals surface area contributed by atoms with Crippen molar-refractivity contribution in [3.63, 3.8) is 0 Å². The Hall–Kier alpha value is -1.05. The van der Waals surface area contributed by atoms with Gasteiger partial charge in [-0.3, -0.25) is 4.79 Å². The maximum Gasteiger partial charge on any atom is 0.237 e. The average Bonchev–Trinajstić information content (AvgIpc) is 2.71. The highest BCUT2D eigenvalue weighted by Gasteiger charge is 2.31. The van der Waals surface area contributed by atoms with Crippen LogP contribution in [-0.4, -0.2) is 23.2 Å². The van der Waals surface area contributed by atoms with E-state index in [9.17, 15) is 4.79 Å². The Labute approximate surface area is 135 Å². The van der Waals surface area contributed by atoms with Gasteiger partial charge in [0.15, 0.2) is 5.13 Å². The number of nitrogens with zero attached hydrogens (tertiary/aromatic N) is 2. The van der Waals surface area contributed by atoms with Gasteiger partial charge in [0.1, 0.15) is 0 Å². The van der Waals surface area contributed by atoms with E-state index in [1.54, 1.807) is 11.8 Å². The van der Waals surface area contributed by atoms with Gasteiger partial charge in [0.05, 0.1) is 17.1 Å². The van der Waals surface area contributed by atoms with Gasteiger partial charge < -0.3 is 10.6 Å². The summed E-state index contributed by atoms with van der Waals surface area (Å²) in [5.41, 5.74) is 8.85. The van der Waals surface area contributed by atoms with Crippen LogP contribution in [0.1, 0.15) is 4.88 Å². The summed E-state index contributed by atoms with van der Waals surface area (Å²) < 4.78 is 0. The molecule has 0 bridgehead atoms. The number of aromatic nitrogens is 1. The summed E-state index contributed by atoms with van der Waals surface area (Å²) >= 11 is 3.14. The minimum Gasteiger partial charge on any atom is -0.375 e. The van der Waals surface area contributed by atoms with E-state index in [-0.39, 0.29) is 22.9 Å². The van der Waals surface area contributed by atoms with Crippen molar-refractivity contribution in [2.45, 2.75) is 11.3 Å². The molecule has 0 unspecified atom stereocenters. The highest BCUT2D eigenvalue weighted by atomic mass is 79.9. The Morgan fingerprint density at radius 1 is 1.35 bits per heavy atom. The molecule has 20 heavy (non-hydrogen) atoms. The number of thiazole rings is 1. The molecule has 2 aromatic rings. The van der Waals surface area contributed by atoms with Crippen LogP contribution in [0, 0.1) is 0 Å². The molecule has 0 aliphatic carbocycles. The van der Waals surface area contributed by atoms with Crippen LogP contribution < -0.4 is 10.6 Å². The lowest BCUT2D eigenvalue weighted by atomic mass is 10.1. The van der Waals surface area contributed by atoms with Crippen LogP contribution in [0.25, 0.3) is 11.3 Å². The van der Waals surface area contributed by atoms with E-state index in [2.05, 4.69) is 11.1 Å². The van der Waals surface area contributed by atoms with E-state index in [1.165, 1.54) is 16.2 Å². The van der Waals surface area contributed by atoms with Gasteiger partial charge in [0.2, 0.25) is 5.91 Å². The van der Waals surface area contributed by atoms with Crippen molar-refractivity contribution in [3.05, 3.63) is 23.1 Å². The number of nitrogens with two attached hydrogens (primary N) is 1. The largest absolute Gasteiger partial charge is 0.375 e. The third kappa shape index (κ3) is 1.96. The van der Waals surface area contributed by atoms with E-state index in [0.717, 1.165) is 34.8 Å².